The summed E-state index contributed by atoms with van der Waals surface area (Å²) in [5, 5.41) is 16.3. The van der Waals surface area contributed by atoms with Gasteiger partial charge in [-0.2, -0.15) is 0 Å². The number of piperazine rings is 1. The van der Waals surface area contributed by atoms with Crippen LogP contribution in [0, 0.1) is 0 Å². The summed E-state index contributed by atoms with van der Waals surface area (Å²) in [5.74, 6) is 0.0174. The van der Waals surface area contributed by atoms with Crippen molar-refractivity contribution in [3.05, 3.63) is 56.5 Å². The van der Waals surface area contributed by atoms with Gasteiger partial charge in [-0.15, -0.1) is 0 Å². The fourth-order valence-corrected chi connectivity index (χ4v) is 8.79. The zero-order valence-corrected chi connectivity index (χ0v) is 29.4. The summed E-state index contributed by atoms with van der Waals surface area (Å²) in [7, 11) is 0. The number of carbonyl (C=O) groups is 3. The number of halogens is 2. The molecule has 0 aromatic heterocycles. The summed E-state index contributed by atoms with van der Waals surface area (Å²) < 4.78 is 1.05. The molecule has 1 aliphatic carbocycles. The minimum atomic E-state index is -0.752. The molecule has 2 aromatic rings. The van der Waals surface area contributed by atoms with Crippen molar-refractivity contribution in [3.63, 3.8) is 0 Å². The van der Waals surface area contributed by atoms with Gasteiger partial charge in [0.25, 0.3) is 0 Å². The van der Waals surface area contributed by atoms with E-state index in [0.717, 1.165) is 29.9 Å². The molecule has 5 amide bonds. The molecule has 0 radical (unpaired) electrons. The summed E-state index contributed by atoms with van der Waals surface area (Å²) in [5.41, 5.74) is 2.84. The Labute approximate surface area is 288 Å². The minimum Gasteiger partial charge on any atom is -0.506 e. The Bertz CT molecular complexity index is 1400. The minimum absolute atomic E-state index is 0.0145. The predicted molar refractivity (Wildman–Crippen MR) is 185 cm³/mol. The van der Waals surface area contributed by atoms with Gasteiger partial charge < -0.3 is 25.5 Å². The monoisotopic (exact) mass is 758 g/mol. The van der Waals surface area contributed by atoms with E-state index in [2.05, 4.69) is 47.4 Å². The first-order chi connectivity index (χ1) is 22.3. The van der Waals surface area contributed by atoms with E-state index in [4.69, 9.17) is 0 Å². The fraction of sp³-hybridized carbons (Fsp3) is 0.559. The van der Waals surface area contributed by atoms with Gasteiger partial charge in [0.05, 0.1) is 14.6 Å². The number of hydrogen-bond donors (Lipinski definition) is 3. The first kappa shape index (κ1) is 33.1. The second-order valence-corrected chi connectivity index (χ2v) is 14.7. The molecular formula is C34H44Br2N6O4. The fourth-order valence-electron chi connectivity index (χ4n) is 7.51. The van der Waals surface area contributed by atoms with Gasteiger partial charge in [0.2, 0.25) is 5.91 Å². The number of benzene rings is 2. The van der Waals surface area contributed by atoms with E-state index in [0.29, 0.717) is 67.0 Å². The highest BCUT2D eigenvalue weighted by Gasteiger charge is 2.36. The molecule has 46 heavy (non-hydrogen) atoms. The van der Waals surface area contributed by atoms with Crippen LogP contribution < -0.4 is 15.5 Å². The highest BCUT2D eigenvalue weighted by Crippen LogP contribution is 2.34. The van der Waals surface area contributed by atoms with Crippen LogP contribution in [-0.2, 0) is 17.8 Å². The lowest BCUT2D eigenvalue weighted by Crippen LogP contribution is -2.59. The standard InChI is InChI=1S/C34H44Br2N6O4/c35-27-19-23(20-28(36)31(27)43)21-29(32(44)40-17-15-39(16-18-40)25-8-3-1-2-4-9-25)38-34(46)41-13-11-26(12-14-41)42-30-10-6-5-7-24(30)22-37-33(42)45/h5-7,10,19-20,25-26,29,43H,1-4,8-9,11-18,21-22H2,(H,37,45)(H,38,46)/t29-/m1/s1. The largest absolute Gasteiger partial charge is 0.506 e. The number of nitrogens with one attached hydrogen (secondary N) is 2. The van der Waals surface area contributed by atoms with Gasteiger partial charge in [-0.25, -0.2) is 9.59 Å². The molecule has 3 heterocycles. The number of carbonyl (C=O) groups excluding carboxylic acids is 3. The summed E-state index contributed by atoms with van der Waals surface area (Å²) in [6.45, 7) is 4.50. The number of aromatic hydroxyl groups is 1. The van der Waals surface area contributed by atoms with Crippen LogP contribution in [0.15, 0.2) is 45.3 Å². The Morgan fingerprint density at radius 3 is 2.20 bits per heavy atom. The van der Waals surface area contributed by atoms with Crippen LogP contribution in [0.25, 0.3) is 0 Å². The van der Waals surface area contributed by atoms with Gasteiger partial charge in [-0.1, -0.05) is 43.9 Å². The molecule has 1 atom stereocenters. The summed E-state index contributed by atoms with van der Waals surface area (Å²) >= 11 is 6.82. The molecular weight excluding hydrogens is 716 g/mol. The van der Waals surface area contributed by atoms with Crippen LogP contribution >= 0.6 is 31.9 Å². The molecule has 3 aliphatic heterocycles. The summed E-state index contributed by atoms with van der Waals surface area (Å²) in [6.07, 6.45) is 9.27. The van der Waals surface area contributed by atoms with Crippen molar-refractivity contribution < 1.29 is 19.5 Å². The second-order valence-electron chi connectivity index (χ2n) is 13.0. The van der Waals surface area contributed by atoms with Crippen LogP contribution in [0.1, 0.15) is 62.5 Å². The quantitative estimate of drug-likeness (QED) is 0.333. The Kier molecular flexibility index (Phi) is 10.7. The van der Waals surface area contributed by atoms with Crippen molar-refractivity contribution in [2.24, 2.45) is 0 Å². The van der Waals surface area contributed by atoms with E-state index in [1.165, 1.54) is 38.5 Å². The third-order valence-corrected chi connectivity index (χ3v) is 11.3. The molecule has 3 N–H and O–H groups in total. The van der Waals surface area contributed by atoms with Crippen molar-refractivity contribution >= 4 is 55.5 Å². The normalized spacial score (nSPS) is 20.9. The number of urea groups is 2. The topological polar surface area (TPSA) is 108 Å². The van der Waals surface area contributed by atoms with Gasteiger partial charge >= 0.3 is 12.1 Å². The number of hydrogen-bond acceptors (Lipinski definition) is 5. The lowest BCUT2D eigenvalue weighted by Gasteiger charge is -2.42. The molecule has 248 valence electrons. The highest BCUT2D eigenvalue weighted by molar-refractivity contribution is 9.11. The van der Waals surface area contributed by atoms with Crippen molar-refractivity contribution in [2.75, 3.05) is 44.2 Å². The molecule has 1 saturated carbocycles. The molecule has 4 aliphatic rings. The molecule has 0 bridgehead atoms. The maximum absolute atomic E-state index is 14.1. The third kappa shape index (κ3) is 7.49. The van der Waals surface area contributed by atoms with Gasteiger partial charge in [-0.3, -0.25) is 14.6 Å². The summed E-state index contributed by atoms with van der Waals surface area (Å²) in [4.78, 5) is 48.7. The third-order valence-electron chi connectivity index (χ3n) is 10.1. The average Bonchev–Trinajstić information content (AvgIpc) is 3.36. The number of nitrogens with zero attached hydrogens (tertiary/aromatic N) is 4. The number of phenolic OH excluding ortho intramolecular Hbond substituents is 1. The lowest BCUT2D eigenvalue weighted by molar-refractivity contribution is -0.135. The van der Waals surface area contributed by atoms with Crippen LogP contribution in [0.2, 0.25) is 0 Å². The lowest BCUT2D eigenvalue weighted by atomic mass is 10.00. The van der Waals surface area contributed by atoms with Crippen molar-refractivity contribution in [2.45, 2.75) is 82.5 Å². The van der Waals surface area contributed by atoms with Crippen LogP contribution in [-0.4, -0.2) is 95.2 Å². The molecule has 0 unspecified atom stereocenters. The number of para-hydroxylation sites is 1. The smallest absolute Gasteiger partial charge is 0.322 e. The molecule has 3 fully saturated rings. The number of anilines is 1. The first-order valence-corrected chi connectivity index (χ1v) is 18.3. The number of phenols is 1. The number of piperidine rings is 1. The summed E-state index contributed by atoms with van der Waals surface area (Å²) in [6, 6.07) is 11.0. The van der Waals surface area contributed by atoms with Gasteiger partial charge in [-0.05, 0) is 86.9 Å². The number of rotatable bonds is 6. The van der Waals surface area contributed by atoms with Crippen LogP contribution in [0.4, 0.5) is 15.3 Å². The Morgan fingerprint density at radius 2 is 1.52 bits per heavy atom. The van der Waals surface area contributed by atoms with E-state index in [1.54, 1.807) is 17.0 Å². The van der Waals surface area contributed by atoms with E-state index in [1.807, 2.05) is 34.1 Å². The van der Waals surface area contributed by atoms with Gasteiger partial charge in [0, 0.05) is 64.3 Å². The maximum atomic E-state index is 14.1. The average molecular weight is 761 g/mol. The molecule has 12 heteroatoms. The van der Waals surface area contributed by atoms with E-state index >= 15 is 0 Å². The Hall–Kier alpha value is -2.83. The Balaban J connectivity index is 1.11. The van der Waals surface area contributed by atoms with Crippen LogP contribution in [0.3, 0.4) is 0 Å². The molecule has 0 spiro atoms. The molecule has 10 nitrogen and oxygen atoms in total. The zero-order chi connectivity index (χ0) is 32.2. The van der Waals surface area contributed by atoms with E-state index in [9.17, 15) is 19.5 Å². The highest BCUT2D eigenvalue weighted by atomic mass is 79.9. The van der Waals surface area contributed by atoms with Gasteiger partial charge in [0.1, 0.15) is 11.8 Å². The molecule has 2 aromatic carbocycles. The van der Waals surface area contributed by atoms with Crippen molar-refractivity contribution in [1.82, 2.24) is 25.3 Å². The number of likely N-dealkylation sites (tertiary alicyclic amines) is 1. The Morgan fingerprint density at radius 1 is 0.870 bits per heavy atom. The number of fused-ring (bicyclic) bond motifs is 1. The van der Waals surface area contributed by atoms with Crippen molar-refractivity contribution in [1.29, 1.82) is 0 Å². The number of amides is 5. The maximum Gasteiger partial charge on any atom is 0.322 e. The zero-order valence-electron chi connectivity index (χ0n) is 26.2. The first-order valence-electron chi connectivity index (χ1n) is 16.7. The predicted octanol–water partition coefficient (Wildman–Crippen LogP) is 5.60. The second kappa shape index (κ2) is 14.9. The van der Waals surface area contributed by atoms with E-state index < -0.39 is 6.04 Å². The molecule has 2 saturated heterocycles. The SMILES string of the molecule is O=C(N[C@H](Cc1cc(Br)c(O)c(Br)c1)C(=O)N1CCN(C2CCCCCC2)CC1)N1CCC(N2C(=O)NCc3ccccc32)CC1. The van der Waals surface area contributed by atoms with E-state index in [-0.39, 0.29) is 29.8 Å². The van der Waals surface area contributed by atoms with Crippen LogP contribution in [0.5, 0.6) is 5.75 Å². The molecule has 6 rings (SSSR count). The van der Waals surface area contributed by atoms with Crippen molar-refractivity contribution in [3.8, 4) is 5.75 Å². The van der Waals surface area contributed by atoms with Gasteiger partial charge in [0.15, 0.2) is 0 Å².